The second-order valence-electron chi connectivity index (χ2n) is 7.67. The molecule has 10 heteroatoms. The number of carbonyl (C=O) groups excluding carboxylic acids is 1. The van der Waals surface area contributed by atoms with Gasteiger partial charge in [-0.3, -0.25) is 14.8 Å². The van der Waals surface area contributed by atoms with Crippen molar-refractivity contribution in [2.45, 2.75) is 24.6 Å². The van der Waals surface area contributed by atoms with E-state index in [0.717, 1.165) is 42.0 Å². The molecule has 0 aliphatic heterocycles. The zero-order valence-corrected chi connectivity index (χ0v) is 20.7. The Morgan fingerprint density at radius 1 is 1.03 bits per heavy atom. The molecule has 8 nitrogen and oxygen atoms in total. The lowest BCUT2D eigenvalue weighted by atomic mass is 10.2. The van der Waals surface area contributed by atoms with Gasteiger partial charge in [-0.25, -0.2) is 13.4 Å². The molecular weight excluding hydrogens is 470 g/mol. The largest absolute Gasteiger partial charge is 0.309 e. The van der Waals surface area contributed by atoms with Crippen molar-refractivity contribution >= 4 is 49.9 Å². The van der Waals surface area contributed by atoms with Crippen molar-refractivity contribution in [2.75, 3.05) is 29.7 Å². The summed E-state index contributed by atoms with van der Waals surface area (Å²) in [6.07, 6.45) is 0. The van der Waals surface area contributed by atoms with Crippen molar-refractivity contribution in [1.29, 1.82) is 0 Å². The van der Waals surface area contributed by atoms with E-state index in [1.54, 1.807) is 41.8 Å². The minimum absolute atomic E-state index is 0.234. The second-order valence-corrected chi connectivity index (χ2v) is 10.5. The molecule has 0 bridgehead atoms. The average Bonchev–Trinajstić information content (AvgIpc) is 3.49. The zero-order chi connectivity index (χ0) is 24.1. The third-order valence-corrected chi connectivity index (χ3v) is 8.35. The molecule has 0 radical (unpaired) electrons. The first kappa shape index (κ1) is 23.9. The van der Waals surface area contributed by atoms with Crippen molar-refractivity contribution < 1.29 is 13.2 Å². The van der Waals surface area contributed by atoms with E-state index in [1.807, 2.05) is 28.8 Å². The van der Waals surface area contributed by atoms with Crippen LogP contribution in [0.3, 0.4) is 0 Å². The molecule has 1 amide bonds. The summed E-state index contributed by atoms with van der Waals surface area (Å²) in [6, 6.07) is 17.3. The van der Waals surface area contributed by atoms with Crippen molar-refractivity contribution in [3.63, 3.8) is 0 Å². The van der Waals surface area contributed by atoms with Crippen LogP contribution >= 0.6 is 11.3 Å². The van der Waals surface area contributed by atoms with Crippen LogP contribution in [0, 0.1) is 0 Å². The van der Waals surface area contributed by atoms with Crippen molar-refractivity contribution in [3.8, 4) is 0 Å². The van der Waals surface area contributed by atoms with Gasteiger partial charge < -0.3 is 9.47 Å². The van der Waals surface area contributed by atoms with E-state index in [4.69, 9.17) is 0 Å². The van der Waals surface area contributed by atoms with Gasteiger partial charge in [0.2, 0.25) is 5.95 Å². The SMILES string of the molecule is CCN(CC)CCn1c(NC(=O)c2ccc(NS(=O)(=O)c3cccs3)cc2)nc2ccccc21. The molecule has 0 saturated carbocycles. The number of nitrogens with zero attached hydrogens (tertiary/aromatic N) is 3. The first-order valence-electron chi connectivity index (χ1n) is 11.1. The van der Waals surface area contributed by atoms with Crippen LogP contribution in [-0.4, -0.2) is 48.4 Å². The number of hydrogen-bond acceptors (Lipinski definition) is 6. The van der Waals surface area contributed by atoms with E-state index < -0.39 is 10.0 Å². The molecule has 0 spiro atoms. The molecule has 2 aromatic carbocycles. The van der Waals surface area contributed by atoms with Gasteiger partial charge in [0.05, 0.1) is 11.0 Å². The lowest BCUT2D eigenvalue weighted by Gasteiger charge is -2.19. The maximum absolute atomic E-state index is 13.0. The van der Waals surface area contributed by atoms with Gasteiger partial charge in [-0.05, 0) is 60.9 Å². The Hall–Kier alpha value is -3.21. The lowest BCUT2D eigenvalue weighted by molar-refractivity contribution is 0.102. The van der Waals surface area contributed by atoms with Crippen LogP contribution in [0.5, 0.6) is 0 Å². The maximum atomic E-state index is 13.0. The molecule has 34 heavy (non-hydrogen) atoms. The molecule has 0 unspecified atom stereocenters. The fourth-order valence-corrected chi connectivity index (χ4v) is 5.72. The molecule has 0 saturated heterocycles. The van der Waals surface area contributed by atoms with Gasteiger partial charge in [-0.2, -0.15) is 0 Å². The predicted octanol–water partition coefficient (Wildman–Crippen LogP) is 4.49. The average molecular weight is 498 g/mol. The zero-order valence-electron chi connectivity index (χ0n) is 19.1. The number of thiophene rings is 1. The van der Waals surface area contributed by atoms with E-state index in [9.17, 15) is 13.2 Å². The Bertz CT molecular complexity index is 1360. The Kier molecular flexibility index (Phi) is 7.30. The van der Waals surface area contributed by atoms with Crippen molar-refractivity contribution in [1.82, 2.24) is 14.5 Å². The third-order valence-electron chi connectivity index (χ3n) is 5.57. The van der Waals surface area contributed by atoms with Crippen LogP contribution in [0.15, 0.2) is 70.3 Å². The summed E-state index contributed by atoms with van der Waals surface area (Å²) in [5, 5.41) is 4.63. The Morgan fingerprint density at radius 3 is 2.44 bits per heavy atom. The molecule has 178 valence electrons. The molecule has 2 aromatic heterocycles. The number of benzene rings is 2. The molecule has 0 aliphatic carbocycles. The van der Waals surface area contributed by atoms with Crippen molar-refractivity contribution in [3.05, 3.63) is 71.6 Å². The van der Waals surface area contributed by atoms with Gasteiger partial charge in [-0.1, -0.05) is 32.0 Å². The number of aromatic nitrogens is 2. The van der Waals surface area contributed by atoms with Gasteiger partial charge in [-0.15, -0.1) is 11.3 Å². The van der Waals surface area contributed by atoms with Gasteiger partial charge in [0.15, 0.2) is 0 Å². The summed E-state index contributed by atoms with van der Waals surface area (Å²) >= 11 is 1.14. The van der Waals surface area contributed by atoms with E-state index in [1.165, 1.54) is 0 Å². The Morgan fingerprint density at radius 2 is 1.76 bits per heavy atom. The number of anilines is 2. The number of para-hydroxylation sites is 2. The predicted molar refractivity (Wildman–Crippen MR) is 137 cm³/mol. The monoisotopic (exact) mass is 497 g/mol. The van der Waals surface area contributed by atoms with Crippen LogP contribution in [0.1, 0.15) is 24.2 Å². The molecular formula is C24H27N5O3S2. The van der Waals surface area contributed by atoms with E-state index in [0.29, 0.717) is 23.7 Å². The number of hydrogen-bond donors (Lipinski definition) is 2. The lowest BCUT2D eigenvalue weighted by Crippen LogP contribution is -2.27. The Balaban J connectivity index is 1.51. The highest BCUT2D eigenvalue weighted by Gasteiger charge is 2.17. The topological polar surface area (TPSA) is 96.3 Å². The third kappa shape index (κ3) is 5.30. The number of sulfonamides is 1. The number of imidazole rings is 1. The van der Waals surface area contributed by atoms with E-state index >= 15 is 0 Å². The first-order valence-corrected chi connectivity index (χ1v) is 13.4. The van der Waals surface area contributed by atoms with Gasteiger partial charge >= 0.3 is 0 Å². The minimum atomic E-state index is -3.64. The number of carbonyl (C=O) groups is 1. The van der Waals surface area contributed by atoms with Gasteiger partial charge in [0.25, 0.3) is 15.9 Å². The fraction of sp³-hybridized carbons (Fsp3) is 0.250. The summed E-state index contributed by atoms with van der Waals surface area (Å²) in [7, 11) is -3.64. The molecule has 2 N–H and O–H groups in total. The van der Waals surface area contributed by atoms with Crippen LogP contribution in [0.4, 0.5) is 11.6 Å². The van der Waals surface area contributed by atoms with Crippen LogP contribution in [0.25, 0.3) is 11.0 Å². The van der Waals surface area contributed by atoms with Crippen LogP contribution < -0.4 is 10.0 Å². The molecule has 2 heterocycles. The smallest absolute Gasteiger partial charge is 0.271 e. The van der Waals surface area contributed by atoms with E-state index in [2.05, 4.69) is 33.8 Å². The highest BCUT2D eigenvalue weighted by atomic mass is 32.2. The summed E-state index contributed by atoms with van der Waals surface area (Å²) in [4.78, 5) is 19.9. The normalized spacial score (nSPS) is 11.7. The van der Waals surface area contributed by atoms with Crippen LogP contribution in [-0.2, 0) is 16.6 Å². The fourth-order valence-electron chi connectivity index (χ4n) is 3.66. The molecule has 4 aromatic rings. The quantitative estimate of drug-likeness (QED) is 0.336. The summed E-state index contributed by atoms with van der Waals surface area (Å²) in [6.45, 7) is 7.70. The van der Waals surface area contributed by atoms with E-state index in [-0.39, 0.29) is 10.1 Å². The molecule has 0 atom stereocenters. The minimum Gasteiger partial charge on any atom is -0.309 e. The standard InChI is InChI=1S/C24H27N5O3S2/c1-3-28(4-2)15-16-29-21-9-6-5-8-20(21)25-24(29)26-23(30)18-11-13-19(14-12-18)27-34(31,32)22-10-7-17-33-22/h5-14,17,27H,3-4,15-16H2,1-2H3,(H,25,26,30). The van der Waals surface area contributed by atoms with Crippen LogP contribution in [0.2, 0.25) is 0 Å². The molecule has 0 aliphatic rings. The number of nitrogens with one attached hydrogen (secondary N) is 2. The van der Waals surface area contributed by atoms with Gasteiger partial charge in [0, 0.05) is 24.3 Å². The van der Waals surface area contributed by atoms with Gasteiger partial charge in [0.1, 0.15) is 4.21 Å². The number of amides is 1. The number of fused-ring (bicyclic) bond motifs is 1. The summed E-state index contributed by atoms with van der Waals surface area (Å²) < 4.78 is 29.6. The number of rotatable bonds is 10. The second kappa shape index (κ2) is 10.4. The first-order chi connectivity index (χ1) is 16.4. The summed E-state index contributed by atoms with van der Waals surface area (Å²) in [5.41, 5.74) is 2.57. The Labute approximate surface area is 203 Å². The summed E-state index contributed by atoms with van der Waals surface area (Å²) in [5.74, 6) is 0.174. The maximum Gasteiger partial charge on any atom is 0.271 e. The highest BCUT2D eigenvalue weighted by Crippen LogP contribution is 2.22. The number of likely N-dealkylation sites (N-methyl/N-ethyl adjacent to an activating group) is 1. The molecule has 4 rings (SSSR count). The van der Waals surface area contributed by atoms with Crippen molar-refractivity contribution in [2.24, 2.45) is 0 Å². The molecule has 0 fully saturated rings. The highest BCUT2D eigenvalue weighted by molar-refractivity contribution is 7.94.